The molecule has 0 spiro atoms. The Morgan fingerprint density at radius 1 is 1.50 bits per heavy atom. The van der Waals surface area contributed by atoms with Crippen LogP contribution in [0.4, 0.5) is 0 Å². The van der Waals surface area contributed by atoms with Crippen molar-refractivity contribution in [1.82, 2.24) is 10.3 Å². The van der Waals surface area contributed by atoms with Crippen molar-refractivity contribution in [2.24, 2.45) is 0 Å². The van der Waals surface area contributed by atoms with Crippen molar-refractivity contribution in [3.05, 3.63) is 29.3 Å². The standard InChI is InChI=1S/C10H10N2S2/c1-7(13)11-6-10-12-8-4-2-3-5-9(8)14-10/h2-5H,6H2,1H3,(H,11,13). The summed E-state index contributed by atoms with van der Waals surface area (Å²) in [5.74, 6) is 0. The van der Waals surface area contributed by atoms with Crippen LogP contribution in [0.15, 0.2) is 24.3 Å². The molecule has 14 heavy (non-hydrogen) atoms. The molecule has 0 amide bonds. The van der Waals surface area contributed by atoms with Crippen molar-refractivity contribution in [3.8, 4) is 0 Å². The van der Waals surface area contributed by atoms with Crippen LogP contribution in [0.2, 0.25) is 0 Å². The Morgan fingerprint density at radius 2 is 2.29 bits per heavy atom. The second kappa shape index (κ2) is 4.02. The van der Waals surface area contributed by atoms with Gasteiger partial charge in [0, 0.05) is 0 Å². The van der Waals surface area contributed by atoms with Gasteiger partial charge in [0.15, 0.2) is 0 Å². The Bertz CT molecular complexity index is 429. The molecule has 2 rings (SSSR count). The number of nitrogens with one attached hydrogen (secondary N) is 1. The first kappa shape index (κ1) is 9.55. The van der Waals surface area contributed by atoms with Gasteiger partial charge in [-0.25, -0.2) is 4.98 Å². The fraction of sp³-hybridized carbons (Fsp3) is 0.200. The molecular weight excluding hydrogens is 212 g/mol. The molecule has 0 atom stereocenters. The van der Waals surface area contributed by atoms with E-state index in [0.29, 0.717) is 0 Å². The van der Waals surface area contributed by atoms with Gasteiger partial charge in [-0.05, 0) is 19.1 Å². The van der Waals surface area contributed by atoms with Gasteiger partial charge in [-0.1, -0.05) is 24.4 Å². The Balaban J connectivity index is 2.22. The molecule has 72 valence electrons. The van der Waals surface area contributed by atoms with Crippen molar-refractivity contribution < 1.29 is 0 Å². The van der Waals surface area contributed by atoms with Crippen LogP contribution in [0, 0.1) is 0 Å². The Kier molecular flexibility index (Phi) is 2.74. The molecule has 0 radical (unpaired) electrons. The quantitative estimate of drug-likeness (QED) is 0.791. The van der Waals surface area contributed by atoms with E-state index in [4.69, 9.17) is 12.2 Å². The van der Waals surface area contributed by atoms with E-state index >= 15 is 0 Å². The van der Waals surface area contributed by atoms with Crippen LogP contribution in [0.3, 0.4) is 0 Å². The molecule has 0 aliphatic heterocycles. The van der Waals surface area contributed by atoms with Gasteiger partial charge >= 0.3 is 0 Å². The predicted molar refractivity (Wildman–Crippen MR) is 64.7 cm³/mol. The van der Waals surface area contributed by atoms with Crippen molar-refractivity contribution >= 4 is 38.8 Å². The molecule has 0 saturated carbocycles. The molecule has 1 heterocycles. The second-order valence-electron chi connectivity index (χ2n) is 2.99. The Morgan fingerprint density at radius 3 is 3.00 bits per heavy atom. The first-order valence-corrected chi connectivity index (χ1v) is 5.57. The molecule has 1 aromatic carbocycles. The first-order chi connectivity index (χ1) is 6.75. The van der Waals surface area contributed by atoms with Crippen LogP contribution in [0.1, 0.15) is 11.9 Å². The van der Waals surface area contributed by atoms with E-state index in [0.717, 1.165) is 22.1 Å². The van der Waals surface area contributed by atoms with Gasteiger partial charge < -0.3 is 5.32 Å². The minimum atomic E-state index is 0.731. The summed E-state index contributed by atoms with van der Waals surface area (Å²) < 4.78 is 1.23. The molecule has 0 saturated heterocycles. The average Bonchev–Trinajstić information content (AvgIpc) is 2.57. The minimum Gasteiger partial charge on any atom is -0.373 e. The summed E-state index contributed by atoms with van der Waals surface area (Å²) in [6.07, 6.45) is 0. The molecule has 1 N–H and O–H groups in total. The zero-order chi connectivity index (χ0) is 9.97. The number of aromatic nitrogens is 1. The summed E-state index contributed by atoms with van der Waals surface area (Å²) in [4.78, 5) is 5.29. The summed E-state index contributed by atoms with van der Waals surface area (Å²) in [5.41, 5.74) is 1.07. The minimum absolute atomic E-state index is 0.731. The normalized spacial score (nSPS) is 10.4. The number of fused-ring (bicyclic) bond motifs is 1. The number of hydrogen-bond acceptors (Lipinski definition) is 3. The van der Waals surface area contributed by atoms with Crippen LogP contribution >= 0.6 is 23.6 Å². The van der Waals surface area contributed by atoms with E-state index in [-0.39, 0.29) is 0 Å². The van der Waals surface area contributed by atoms with Gasteiger partial charge in [0.2, 0.25) is 0 Å². The van der Waals surface area contributed by atoms with E-state index < -0.39 is 0 Å². The van der Waals surface area contributed by atoms with Gasteiger partial charge in [0.05, 0.1) is 21.7 Å². The fourth-order valence-corrected chi connectivity index (χ4v) is 2.17. The number of thiocarbonyl (C=S) groups is 1. The highest BCUT2D eigenvalue weighted by Crippen LogP contribution is 2.21. The highest BCUT2D eigenvalue weighted by Gasteiger charge is 2.01. The molecule has 0 bridgehead atoms. The second-order valence-corrected chi connectivity index (χ2v) is 4.71. The van der Waals surface area contributed by atoms with Crippen molar-refractivity contribution in [2.45, 2.75) is 13.5 Å². The largest absolute Gasteiger partial charge is 0.373 e. The van der Waals surface area contributed by atoms with Crippen molar-refractivity contribution in [2.75, 3.05) is 0 Å². The summed E-state index contributed by atoms with van der Waals surface area (Å²) >= 11 is 6.65. The summed E-state index contributed by atoms with van der Waals surface area (Å²) in [6.45, 7) is 2.61. The van der Waals surface area contributed by atoms with Gasteiger partial charge in [0.25, 0.3) is 0 Å². The van der Waals surface area contributed by atoms with Gasteiger partial charge in [0.1, 0.15) is 5.01 Å². The lowest BCUT2D eigenvalue weighted by Gasteiger charge is -1.98. The van der Waals surface area contributed by atoms with Crippen molar-refractivity contribution in [3.63, 3.8) is 0 Å². The van der Waals surface area contributed by atoms with Gasteiger partial charge in [-0.15, -0.1) is 11.3 Å². The molecular formula is C10H10N2S2. The highest BCUT2D eigenvalue weighted by molar-refractivity contribution is 7.80. The Labute approximate surface area is 92.0 Å². The number of rotatable bonds is 2. The zero-order valence-corrected chi connectivity index (χ0v) is 9.41. The van der Waals surface area contributed by atoms with Crippen LogP contribution in [-0.2, 0) is 6.54 Å². The summed E-state index contributed by atoms with van der Waals surface area (Å²) in [7, 11) is 0. The topological polar surface area (TPSA) is 24.9 Å². The third kappa shape index (κ3) is 2.08. The number of benzene rings is 1. The van der Waals surface area contributed by atoms with Gasteiger partial charge in [-0.3, -0.25) is 0 Å². The van der Waals surface area contributed by atoms with E-state index in [2.05, 4.69) is 16.4 Å². The van der Waals surface area contributed by atoms with E-state index in [1.165, 1.54) is 4.70 Å². The number of hydrogen-bond donors (Lipinski definition) is 1. The highest BCUT2D eigenvalue weighted by atomic mass is 32.1. The van der Waals surface area contributed by atoms with Crippen LogP contribution in [0.25, 0.3) is 10.2 Å². The lowest BCUT2D eigenvalue weighted by molar-refractivity contribution is 0.914. The molecule has 1 aromatic heterocycles. The van der Waals surface area contributed by atoms with Gasteiger partial charge in [-0.2, -0.15) is 0 Å². The maximum atomic E-state index is 4.94. The molecule has 0 unspecified atom stereocenters. The third-order valence-electron chi connectivity index (χ3n) is 1.83. The zero-order valence-electron chi connectivity index (χ0n) is 7.78. The number of nitrogens with zero attached hydrogens (tertiary/aromatic N) is 1. The van der Waals surface area contributed by atoms with E-state index in [9.17, 15) is 0 Å². The van der Waals surface area contributed by atoms with E-state index in [1.807, 2.05) is 25.1 Å². The summed E-state index contributed by atoms with van der Waals surface area (Å²) in [5, 5.41) is 4.18. The molecule has 2 aromatic rings. The maximum Gasteiger partial charge on any atom is 0.113 e. The first-order valence-electron chi connectivity index (χ1n) is 4.34. The smallest absolute Gasteiger partial charge is 0.113 e. The predicted octanol–water partition coefficient (Wildman–Crippen LogP) is 2.73. The molecule has 0 fully saturated rings. The van der Waals surface area contributed by atoms with Crippen LogP contribution in [0.5, 0.6) is 0 Å². The lowest BCUT2D eigenvalue weighted by Crippen LogP contribution is -2.16. The van der Waals surface area contributed by atoms with E-state index in [1.54, 1.807) is 11.3 Å². The third-order valence-corrected chi connectivity index (χ3v) is 3.01. The molecule has 0 aliphatic carbocycles. The maximum absolute atomic E-state index is 4.94. The molecule has 0 aliphatic rings. The fourth-order valence-electron chi connectivity index (χ4n) is 1.20. The Hall–Kier alpha value is -1.00. The lowest BCUT2D eigenvalue weighted by atomic mass is 10.3. The average molecular weight is 222 g/mol. The van der Waals surface area contributed by atoms with Crippen LogP contribution < -0.4 is 5.32 Å². The molecule has 2 nitrogen and oxygen atoms in total. The molecule has 4 heteroatoms. The number of thiazole rings is 1. The SMILES string of the molecule is CC(=S)NCc1nc2ccccc2s1. The van der Waals surface area contributed by atoms with Crippen LogP contribution in [-0.4, -0.2) is 9.97 Å². The number of para-hydroxylation sites is 1. The summed E-state index contributed by atoms with van der Waals surface area (Å²) in [6, 6.07) is 8.15. The van der Waals surface area contributed by atoms with Crippen molar-refractivity contribution in [1.29, 1.82) is 0 Å². The monoisotopic (exact) mass is 222 g/mol.